The second-order valence-corrected chi connectivity index (χ2v) is 4.48. The number of aliphatic hydroxyl groups is 1. The number of aliphatic hydroxyl groups excluding tert-OH is 1. The summed E-state index contributed by atoms with van der Waals surface area (Å²) in [4.78, 5) is 0. The number of methoxy groups -OCH3 is 1. The lowest BCUT2D eigenvalue weighted by Crippen LogP contribution is -2.08. The fraction of sp³-hybridized carbons (Fsp3) is 0.357. The largest absolute Gasteiger partial charge is 0.496 e. The molecule has 1 N–H and O–H groups in total. The number of benzene rings is 1. The molecule has 0 saturated carbocycles. The molecule has 96 valence electrons. The Morgan fingerprint density at radius 1 is 1.28 bits per heavy atom. The number of aromatic nitrogens is 2. The molecule has 4 nitrogen and oxygen atoms in total. The van der Waals surface area contributed by atoms with Gasteiger partial charge >= 0.3 is 0 Å². The maximum atomic E-state index is 10.5. The third kappa shape index (κ3) is 2.24. The van der Waals surface area contributed by atoms with Gasteiger partial charge in [0.25, 0.3) is 0 Å². The molecule has 2 rings (SSSR count). The summed E-state index contributed by atoms with van der Waals surface area (Å²) in [6.45, 7) is 3.90. The summed E-state index contributed by atoms with van der Waals surface area (Å²) in [5, 5.41) is 14.7. The van der Waals surface area contributed by atoms with Crippen LogP contribution in [-0.2, 0) is 7.05 Å². The van der Waals surface area contributed by atoms with Gasteiger partial charge in [-0.1, -0.05) is 11.6 Å². The molecule has 0 bridgehead atoms. The average Bonchev–Trinajstić information content (AvgIpc) is 2.67. The van der Waals surface area contributed by atoms with Gasteiger partial charge in [0.1, 0.15) is 11.9 Å². The van der Waals surface area contributed by atoms with Crippen LogP contribution in [0.3, 0.4) is 0 Å². The maximum absolute atomic E-state index is 10.5. The molecule has 0 aliphatic carbocycles. The van der Waals surface area contributed by atoms with Gasteiger partial charge < -0.3 is 9.84 Å². The average molecular weight is 246 g/mol. The van der Waals surface area contributed by atoms with E-state index >= 15 is 0 Å². The number of aryl methyl sites for hydroxylation is 3. The Balaban J connectivity index is 2.48. The van der Waals surface area contributed by atoms with E-state index in [-0.39, 0.29) is 0 Å². The van der Waals surface area contributed by atoms with Crippen molar-refractivity contribution in [1.82, 2.24) is 9.78 Å². The zero-order valence-electron chi connectivity index (χ0n) is 11.1. The van der Waals surface area contributed by atoms with Gasteiger partial charge in [-0.25, -0.2) is 0 Å². The fourth-order valence-electron chi connectivity index (χ4n) is 2.11. The van der Waals surface area contributed by atoms with Crippen LogP contribution in [0.5, 0.6) is 5.75 Å². The first-order chi connectivity index (χ1) is 8.52. The predicted octanol–water partition coefficient (Wildman–Crippen LogP) is 2.13. The van der Waals surface area contributed by atoms with Gasteiger partial charge in [0.05, 0.1) is 18.5 Å². The van der Waals surface area contributed by atoms with Gasteiger partial charge in [-0.05, 0) is 32.0 Å². The predicted molar refractivity (Wildman–Crippen MR) is 69.7 cm³/mol. The smallest absolute Gasteiger partial charge is 0.125 e. The van der Waals surface area contributed by atoms with Crippen molar-refractivity contribution in [2.75, 3.05) is 7.11 Å². The first-order valence-electron chi connectivity index (χ1n) is 5.86. The minimum atomic E-state index is -0.731. The van der Waals surface area contributed by atoms with E-state index in [1.54, 1.807) is 11.8 Å². The van der Waals surface area contributed by atoms with Crippen LogP contribution in [0.2, 0.25) is 0 Å². The third-order valence-corrected chi connectivity index (χ3v) is 3.00. The summed E-state index contributed by atoms with van der Waals surface area (Å²) in [6, 6.07) is 7.65. The zero-order valence-corrected chi connectivity index (χ0v) is 11.1. The minimum absolute atomic E-state index is 0.687. The SMILES string of the molecule is COc1ccc(C)cc1C(O)c1cc(C)nn1C. The van der Waals surface area contributed by atoms with Crippen molar-refractivity contribution in [3.05, 3.63) is 46.8 Å². The summed E-state index contributed by atoms with van der Waals surface area (Å²) in [5.74, 6) is 0.687. The van der Waals surface area contributed by atoms with Crippen LogP contribution >= 0.6 is 0 Å². The topological polar surface area (TPSA) is 47.3 Å². The zero-order chi connectivity index (χ0) is 13.3. The van der Waals surface area contributed by atoms with E-state index in [0.717, 1.165) is 22.5 Å². The number of ether oxygens (including phenoxy) is 1. The highest BCUT2D eigenvalue weighted by molar-refractivity contribution is 5.41. The summed E-state index contributed by atoms with van der Waals surface area (Å²) in [5.41, 5.74) is 3.50. The van der Waals surface area contributed by atoms with Crippen molar-refractivity contribution in [3.8, 4) is 5.75 Å². The van der Waals surface area contributed by atoms with Crippen molar-refractivity contribution in [2.45, 2.75) is 20.0 Å². The molecule has 0 aliphatic heterocycles. The second kappa shape index (κ2) is 4.82. The molecule has 0 aliphatic rings. The van der Waals surface area contributed by atoms with Crippen molar-refractivity contribution >= 4 is 0 Å². The first kappa shape index (κ1) is 12.6. The Labute approximate surface area is 107 Å². The van der Waals surface area contributed by atoms with Gasteiger partial charge in [0, 0.05) is 12.6 Å². The van der Waals surface area contributed by atoms with Crippen molar-refractivity contribution < 1.29 is 9.84 Å². The van der Waals surface area contributed by atoms with Gasteiger partial charge in [-0.3, -0.25) is 4.68 Å². The lowest BCUT2D eigenvalue weighted by atomic mass is 10.0. The lowest BCUT2D eigenvalue weighted by Gasteiger charge is -2.15. The van der Waals surface area contributed by atoms with Crippen LogP contribution < -0.4 is 4.74 Å². The molecule has 0 fully saturated rings. The molecule has 0 radical (unpaired) electrons. The van der Waals surface area contributed by atoms with E-state index in [4.69, 9.17) is 4.74 Å². The van der Waals surface area contributed by atoms with Crippen LogP contribution in [0.25, 0.3) is 0 Å². The molecule has 0 amide bonds. The Bertz CT molecular complexity index is 561. The summed E-state index contributed by atoms with van der Waals surface area (Å²) in [6.07, 6.45) is -0.731. The highest BCUT2D eigenvalue weighted by Crippen LogP contribution is 2.30. The molecule has 4 heteroatoms. The van der Waals surface area contributed by atoms with Gasteiger partial charge in [-0.2, -0.15) is 5.10 Å². The normalized spacial score (nSPS) is 12.5. The summed E-state index contributed by atoms with van der Waals surface area (Å²) < 4.78 is 7.00. The summed E-state index contributed by atoms with van der Waals surface area (Å²) >= 11 is 0. The maximum Gasteiger partial charge on any atom is 0.125 e. The van der Waals surface area contributed by atoms with E-state index in [9.17, 15) is 5.11 Å². The van der Waals surface area contributed by atoms with E-state index in [2.05, 4.69) is 5.10 Å². The van der Waals surface area contributed by atoms with Crippen LogP contribution in [0.1, 0.15) is 28.6 Å². The monoisotopic (exact) mass is 246 g/mol. The van der Waals surface area contributed by atoms with Gasteiger partial charge in [0.2, 0.25) is 0 Å². The number of hydrogen-bond acceptors (Lipinski definition) is 3. The molecule has 0 saturated heterocycles. The van der Waals surface area contributed by atoms with Crippen LogP contribution in [0.15, 0.2) is 24.3 Å². The lowest BCUT2D eigenvalue weighted by molar-refractivity contribution is 0.204. The van der Waals surface area contributed by atoms with E-state index in [0.29, 0.717) is 5.75 Å². The third-order valence-electron chi connectivity index (χ3n) is 3.00. The molecule has 1 aromatic heterocycles. The van der Waals surface area contributed by atoms with Gasteiger partial charge in [-0.15, -0.1) is 0 Å². The van der Waals surface area contributed by atoms with Crippen molar-refractivity contribution in [3.63, 3.8) is 0 Å². The molecule has 1 heterocycles. The van der Waals surface area contributed by atoms with Gasteiger partial charge in [0.15, 0.2) is 0 Å². The van der Waals surface area contributed by atoms with Crippen molar-refractivity contribution in [2.24, 2.45) is 7.05 Å². The molecule has 1 aromatic carbocycles. The second-order valence-electron chi connectivity index (χ2n) is 4.48. The minimum Gasteiger partial charge on any atom is -0.496 e. The molecular formula is C14H18N2O2. The highest BCUT2D eigenvalue weighted by Gasteiger charge is 2.19. The molecule has 0 spiro atoms. The Kier molecular flexibility index (Phi) is 3.39. The summed E-state index contributed by atoms with van der Waals surface area (Å²) in [7, 11) is 3.43. The number of nitrogens with zero attached hydrogens (tertiary/aromatic N) is 2. The van der Waals surface area contributed by atoms with E-state index in [1.807, 2.05) is 45.2 Å². The fourth-order valence-corrected chi connectivity index (χ4v) is 2.11. The number of hydrogen-bond donors (Lipinski definition) is 1. The van der Waals surface area contributed by atoms with E-state index < -0.39 is 6.10 Å². The molecule has 18 heavy (non-hydrogen) atoms. The Hall–Kier alpha value is -1.81. The molecule has 1 unspecified atom stereocenters. The highest BCUT2D eigenvalue weighted by atomic mass is 16.5. The Morgan fingerprint density at radius 2 is 2.00 bits per heavy atom. The van der Waals surface area contributed by atoms with Crippen LogP contribution in [-0.4, -0.2) is 22.0 Å². The Morgan fingerprint density at radius 3 is 2.56 bits per heavy atom. The van der Waals surface area contributed by atoms with Crippen molar-refractivity contribution in [1.29, 1.82) is 0 Å². The number of rotatable bonds is 3. The molecular weight excluding hydrogens is 228 g/mol. The first-order valence-corrected chi connectivity index (χ1v) is 5.86. The van der Waals surface area contributed by atoms with Crippen LogP contribution in [0.4, 0.5) is 0 Å². The quantitative estimate of drug-likeness (QED) is 0.902. The molecule has 1 atom stereocenters. The standard InChI is InChI=1S/C14H18N2O2/c1-9-5-6-13(18-4)11(7-9)14(17)12-8-10(2)15-16(12)3/h5-8,14,17H,1-4H3. The molecule has 2 aromatic rings. The van der Waals surface area contributed by atoms with E-state index in [1.165, 1.54) is 0 Å². The van der Waals surface area contributed by atoms with Crippen LogP contribution in [0, 0.1) is 13.8 Å².